The van der Waals surface area contributed by atoms with Gasteiger partial charge in [-0.25, -0.2) is 0 Å². The minimum atomic E-state index is -0.833. The number of unbranched alkanes of at least 4 members (excludes halogenated alkanes) is 4. The molecular weight excluding hydrogens is 380 g/mol. The summed E-state index contributed by atoms with van der Waals surface area (Å²) in [7, 11) is 0. The van der Waals surface area contributed by atoms with Gasteiger partial charge in [0.2, 0.25) is 0 Å². The Morgan fingerprint density at radius 1 is 1.07 bits per heavy atom. The molecule has 3 rings (SSSR count). The van der Waals surface area contributed by atoms with Crippen molar-refractivity contribution >= 4 is 22.5 Å². The van der Waals surface area contributed by atoms with Crippen LogP contribution in [0, 0.1) is 5.92 Å². The molecule has 30 heavy (non-hydrogen) atoms. The van der Waals surface area contributed by atoms with E-state index in [1.807, 2.05) is 42.5 Å². The van der Waals surface area contributed by atoms with Crippen molar-refractivity contribution < 1.29 is 24.9 Å². The van der Waals surface area contributed by atoms with E-state index in [1.54, 1.807) is 6.08 Å². The lowest BCUT2D eigenvalue weighted by atomic mass is 9.85. The average molecular weight is 413 g/mol. The van der Waals surface area contributed by atoms with Crippen LogP contribution >= 0.6 is 0 Å². The molecule has 1 saturated carbocycles. The number of hydrogen-bond donors (Lipinski definition) is 3. The summed E-state index contributed by atoms with van der Waals surface area (Å²) >= 11 is 0. The highest BCUT2D eigenvalue weighted by Gasteiger charge is 2.44. The number of ketones is 1. The Bertz CT molecular complexity index is 882. The molecule has 1 fully saturated rings. The van der Waals surface area contributed by atoms with Crippen LogP contribution in [0.2, 0.25) is 0 Å². The molecule has 1 aliphatic carbocycles. The number of aliphatic hydroxyl groups is 2. The third-order valence-electron chi connectivity index (χ3n) is 5.42. The van der Waals surface area contributed by atoms with E-state index in [1.165, 1.54) is 12.8 Å². The molecule has 0 radical (unpaired) electrons. The molecular formula is C25H32O5. The Hall–Kier alpha value is -2.66. The van der Waals surface area contributed by atoms with Crippen LogP contribution in [0.15, 0.2) is 54.3 Å². The number of carbonyl (C=O) groups excluding carboxylic acids is 1. The lowest BCUT2D eigenvalue weighted by Crippen LogP contribution is -2.21. The summed E-state index contributed by atoms with van der Waals surface area (Å²) in [5, 5.41) is 30.6. The summed E-state index contributed by atoms with van der Waals surface area (Å²) in [6.07, 6.45) is 6.41. The summed E-state index contributed by atoms with van der Waals surface area (Å²) in [5.41, 5.74) is 0.876. The fourth-order valence-corrected chi connectivity index (χ4v) is 4.00. The second kappa shape index (κ2) is 11.5. The lowest BCUT2D eigenvalue weighted by molar-refractivity contribution is -0.134. The number of fused-ring (bicyclic) bond motifs is 1. The van der Waals surface area contributed by atoms with Gasteiger partial charge in [-0.15, -0.1) is 0 Å². The van der Waals surface area contributed by atoms with Gasteiger partial charge in [0.15, 0.2) is 0 Å². The summed E-state index contributed by atoms with van der Waals surface area (Å²) in [6, 6.07) is 14.0. The van der Waals surface area contributed by atoms with E-state index in [-0.39, 0.29) is 18.0 Å². The van der Waals surface area contributed by atoms with E-state index >= 15 is 0 Å². The number of aliphatic carboxylic acids is 1. The molecule has 162 valence electrons. The van der Waals surface area contributed by atoms with Crippen LogP contribution in [0.5, 0.6) is 0 Å². The maximum absolute atomic E-state index is 12.6. The fourth-order valence-electron chi connectivity index (χ4n) is 4.00. The highest BCUT2D eigenvalue weighted by atomic mass is 16.4. The van der Waals surface area contributed by atoms with Crippen molar-refractivity contribution in [3.05, 3.63) is 59.9 Å². The van der Waals surface area contributed by atoms with Crippen molar-refractivity contribution in [3.8, 4) is 0 Å². The van der Waals surface area contributed by atoms with Crippen molar-refractivity contribution in [2.75, 3.05) is 0 Å². The number of hydrogen-bond acceptors (Lipinski definition) is 4. The molecule has 3 atom stereocenters. The average Bonchev–Trinajstić information content (AvgIpc) is 3.00. The van der Waals surface area contributed by atoms with Gasteiger partial charge in [0.25, 0.3) is 5.97 Å². The molecule has 0 heterocycles. The maximum Gasteiger partial charge on any atom is 0.300 e. The number of rotatable bonds is 7. The molecule has 0 bridgehead atoms. The van der Waals surface area contributed by atoms with E-state index in [4.69, 9.17) is 9.90 Å². The summed E-state index contributed by atoms with van der Waals surface area (Å²) in [4.78, 5) is 21.6. The van der Waals surface area contributed by atoms with E-state index < -0.39 is 23.9 Å². The van der Waals surface area contributed by atoms with Gasteiger partial charge in [-0.05, 0) is 35.3 Å². The standard InChI is InChI=1S/C23H28O3.C2H4O2/c1-2-3-4-5-6-11-19(24)23-21(26)15-20(25)22(23)18-13-12-16-9-7-8-10-17(16)14-18;1-2(3)4/h7-14,21-24,26H,2-6,15H2,1H3;1H3,(H,3,4)/t21-,22-,23+;/m1./s1. The van der Waals surface area contributed by atoms with Gasteiger partial charge in [0.05, 0.1) is 23.7 Å². The normalized spacial score (nSPS) is 21.4. The van der Waals surface area contributed by atoms with Gasteiger partial charge in [-0.3, -0.25) is 9.59 Å². The number of Topliss-reactive ketones (excluding diaryl/α,β-unsaturated/α-hetero) is 1. The first-order chi connectivity index (χ1) is 14.3. The predicted molar refractivity (Wildman–Crippen MR) is 119 cm³/mol. The molecule has 0 amide bonds. The van der Waals surface area contributed by atoms with Crippen molar-refractivity contribution in [2.45, 2.75) is 64.4 Å². The summed E-state index contributed by atoms with van der Waals surface area (Å²) < 4.78 is 0. The van der Waals surface area contributed by atoms with Crippen LogP contribution in [0.25, 0.3) is 10.8 Å². The molecule has 0 saturated heterocycles. The number of aliphatic hydroxyl groups excluding tert-OH is 2. The van der Waals surface area contributed by atoms with E-state index in [2.05, 4.69) is 6.92 Å². The lowest BCUT2D eigenvalue weighted by Gasteiger charge is -2.21. The molecule has 5 nitrogen and oxygen atoms in total. The predicted octanol–water partition coefficient (Wildman–Crippen LogP) is 5.38. The third-order valence-corrected chi connectivity index (χ3v) is 5.42. The monoisotopic (exact) mass is 412 g/mol. The molecule has 0 aliphatic heterocycles. The number of carboxylic acid groups (broad SMARTS) is 1. The fraction of sp³-hybridized carbons (Fsp3) is 0.440. The minimum absolute atomic E-state index is 0.00344. The van der Waals surface area contributed by atoms with Crippen LogP contribution in [0.1, 0.15) is 63.9 Å². The van der Waals surface area contributed by atoms with E-state index in [0.717, 1.165) is 42.5 Å². The highest BCUT2D eigenvalue weighted by molar-refractivity contribution is 5.91. The third kappa shape index (κ3) is 6.42. The van der Waals surface area contributed by atoms with Gasteiger partial charge >= 0.3 is 0 Å². The summed E-state index contributed by atoms with van der Waals surface area (Å²) in [6.45, 7) is 3.25. The zero-order chi connectivity index (χ0) is 22.1. The van der Waals surface area contributed by atoms with Crippen LogP contribution in [-0.2, 0) is 9.59 Å². The first kappa shape index (κ1) is 23.6. The van der Waals surface area contributed by atoms with Crippen LogP contribution in [0.4, 0.5) is 0 Å². The molecule has 3 N–H and O–H groups in total. The molecule has 1 aliphatic rings. The molecule has 0 unspecified atom stereocenters. The molecule has 5 heteroatoms. The largest absolute Gasteiger partial charge is 0.512 e. The van der Waals surface area contributed by atoms with Crippen LogP contribution in [0.3, 0.4) is 0 Å². The van der Waals surface area contributed by atoms with Crippen LogP contribution in [-0.4, -0.2) is 33.2 Å². The Balaban J connectivity index is 0.000000735. The second-order valence-electron chi connectivity index (χ2n) is 7.85. The molecule has 2 aromatic carbocycles. The quantitative estimate of drug-likeness (QED) is 0.419. The zero-order valence-electron chi connectivity index (χ0n) is 17.8. The Morgan fingerprint density at radius 3 is 2.40 bits per heavy atom. The van der Waals surface area contributed by atoms with Crippen molar-refractivity contribution in [1.29, 1.82) is 0 Å². The van der Waals surface area contributed by atoms with Crippen molar-refractivity contribution in [1.82, 2.24) is 0 Å². The van der Waals surface area contributed by atoms with E-state index in [0.29, 0.717) is 0 Å². The topological polar surface area (TPSA) is 94.8 Å². The number of carboxylic acids is 1. The van der Waals surface area contributed by atoms with Gasteiger partial charge in [0.1, 0.15) is 5.78 Å². The maximum atomic E-state index is 12.6. The first-order valence-corrected chi connectivity index (χ1v) is 10.6. The van der Waals surface area contributed by atoms with E-state index in [9.17, 15) is 15.0 Å². The Kier molecular flexibility index (Phi) is 9.06. The Morgan fingerprint density at radius 2 is 1.73 bits per heavy atom. The summed E-state index contributed by atoms with van der Waals surface area (Å²) in [5.74, 6) is -1.67. The minimum Gasteiger partial charge on any atom is -0.512 e. The Labute approximate surface area is 178 Å². The molecule has 2 aromatic rings. The van der Waals surface area contributed by atoms with Gasteiger partial charge < -0.3 is 15.3 Å². The number of benzene rings is 2. The smallest absolute Gasteiger partial charge is 0.300 e. The van der Waals surface area contributed by atoms with Gasteiger partial charge in [-0.1, -0.05) is 68.7 Å². The molecule has 0 spiro atoms. The van der Waals surface area contributed by atoms with Crippen molar-refractivity contribution in [3.63, 3.8) is 0 Å². The number of carbonyl (C=O) groups is 2. The van der Waals surface area contributed by atoms with Gasteiger partial charge in [0, 0.05) is 13.3 Å². The number of allylic oxidation sites excluding steroid dienone is 1. The van der Waals surface area contributed by atoms with Crippen molar-refractivity contribution in [2.24, 2.45) is 5.92 Å². The van der Waals surface area contributed by atoms with Gasteiger partial charge in [-0.2, -0.15) is 0 Å². The SMILES string of the molecule is CC(=O)O.CCCCCCC=C(O)[C@H]1[C@H](O)CC(=O)[C@H]1c1ccc2ccccc2c1. The highest BCUT2D eigenvalue weighted by Crippen LogP contribution is 2.41. The zero-order valence-corrected chi connectivity index (χ0v) is 17.8. The second-order valence-corrected chi connectivity index (χ2v) is 7.85. The first-order valence-electron chi connectivity index (χ1n) is 10.6. The molecule has 0 aromatic heterocycles. The van der Waals surface area contributed by atoms with Crippen LogP contribution < -0.4 is 0 Å².